The van der Waals surface area contributed by atoms with Crippen LogP contribution in [0.15, 0.2) is 97.3 Å². The molecule has 1 aliphatic carbocycles. The number of hydrogen-bond acceptors (Lipinski definition) is 2. The highest BCUT2D eigenvalue weighted by Crippen LogP contribution is 2.37. The van der Waals surface area contributed by atoms with Crippen LogP contribution in [0, 0.1) is 11.8 Å². The average Bonchev–Trinajstić information content (AvgIpc) is 3.25. The van der Waals surface area contributed by atoms with E-state index in [1.54, 1.807) is 11.0 Å². The zero-order valence-corrected chi connectivity index (χ0v) is 22.0. The first-order valence-corrected chi connectivity index (χ1v) is 12.8. The molecule has 0 aromatic heterocycles. The molecule has 0 saturated heterocycles. The first kappa shape index (κ1) is 28.4. The lowest BCUT2D eigenvalue weighted by molar-refractivity contribution is -0.125. The van der Waals surface area contributed by atoms with Crippen LogP contribution in [0.25, 0.3) is 11.1 Å². The number of alkyl halides is 1. The highest BCUT2D eigenvalue weighted by atomic mass is 35.5. The molecule has 1 amide bonds. The predicted octanol–water partition coefficient (Wildman–Crippen LogP) is 7.34. The predicted molar refractivity (Wildman–Crippen MR) is 151 cm³/mol. The van der Waals surface area contributed by atoms with Crippen molar-refractivity contribution in [1.29, 1.82) is 0 Å². The van der Waals surface area contributed by atoms with Crippen molar-refractivity contribution in [2.75, 3.05) is 19.0 Å². The maximum atomic E-state index is 13.5. The van der Waals surface area contributed by atoms with Gasteiger partial charge in [0.2, 0.25) is 0 Å². The fourth-order valence-corrected chi connectivity index (χ4v) is 4.47. The van der Waals surface area contributed by atoms with Crippen molar-refractivity contribution in [2.45, 2.75) is 33.6 Å². The summed E-state index contributed by atoms with van der Waals surface area (Å²) in [5.74, 6) is 0.592. The first-order valence-electron chi connectivity index (χ1n) is 12.3. The number of aliphatic hydroxyl groups excluding tert-OH is 1. The van der Waals surface area contributed by atoms with Gasteiger partial charge >= 0.3 is 0 Å². The van der Waals surface area contributed by atoms with E-state index in [1.807, 2.05) is 68.6 Å². The van der Waals surface area contributed by atoms with E-state index in [0.29, 0.717) is 18.0 Å². The summed E-state index contributed by atoms with van der Waals surface area (Å²) in [7, 11) is 0. The minimum atomic E-state index is -0.119. The summed E-state index contributed by atoms with van der Waals surface area (Å²) < 4.78 is 0. The monoisotopic (exact) mass is 491 g/mol. The van der Waals surface area contributed by atoms with Gasteiger partial charge in [0.25, 0.3) is 5.91 Å². The van der Waals surface area contributed by atoms with Crippen molar-refractivity contribution in [3.05, 3.63) is 108 Å². The third kappa shape index (κ3) is 7.06. The molecule has 0 spiro atoms. The third-order valence-electron chi connectivity index (χ3n) is 6.30. The first-order chi connectivity index (χ1) is 16.9. The van der Waals surface area contributed by atoms with Gasteiger partial charge in [-0.2, -0.15) is 0 Å². The summed E-state index contributed by atoms with van der Waals surface area (Å²) in [5, 5.41) is 9.61. The molecule has 35 heavy (non-hydrogen) atoms. The van der Waals surface area contributed by atoms with Gasteiger partial charge in [0.15, 0.2) is 0 Å². The summed E-state index contributed by atoms with van der Waals surface area (Å²) >= 11 is 6.32. The molecule has 0 fully saturated rings. The normalized spacial score (nSPS) is 19.7. The Bertz CT molecular complexity index is 1070. The van der Waals surface area contributed by atoms with Crippen LogP contribution in [-0.2, 0) is 4.79 Å². The van der Waals surface area contributed by atoms with E-state index in [0.717, 1.165) is 40.7 Å². The van der Waals surface area contributed by atoms with Crippen molar-refractivity contribution in [3.63, 3.8) is 0 Å². The number of halogens is 1. The largest absolute Gasteiger partial charge is 0.392 e. The number of carbonyl (C=O) groups is 1. The summed E-state index contributed by atoms with van der Waals surface area (Å²) in [6.45, 7) is 18.2. The molecule has 1 N–H and O–H groups in total. The van der Waals surface area contributed by atoms with Crippen molar-refractivity contribution in [1.82, 2.24) is 4.90 Å². The van der Waals surface area contributed by atoms with Gasteiger partial charge < -0.3 is 10.0 Å². The molecule has 1 aliphatic heterocycles. The fourth-order valence-electron chi connectivity index (χ4n) is 4.21. The number of benzene rings is 1. The van der Waals surface area contributed by atoms with Crippen LogP contribution in [0.1, 0.15) is 44.7 Å². The molecule has 0 saturated carbocycles. The minimum absolute atomic E-state index is 0.0167. The highest BCUT2D eigenvalue weighted by Gasteiger charge is 2.32. The SMILES string of the molecule is C=CC(=C)/C=C\C1=CC=C(C(=O)N2C=C(c3ccccc3C(=C)CO)[C@H](CCl)C2)[C@H](C)CC1.CC. The maximum Gasteiger partial charge on any atom is 0.254 e. The van der Waals surface area contributed by atoms with Crippen molar-refractivity contribution in [2.24, 2.45) is 11.8 Å². The quantitative estimate of drug-likeness (QED) is 0.305. The molecular weight excluding hydrogens is 454 g/mol. The second kappa shape index (κ2) is 13.9. The van der Waals surface area contributed by atoms with Gasteiger partial charge in [-0.25, -0.2) is 0 Å². The number of rotatable bonds is 8. The lowest BCUT2D eigenvalue weighted by Crippen LogP contribution is -2.29. The summed E-state index contributed by atoms with van der Waals surface area (Å²) in [5.41, 5.74) is 6.34. The summed E-state index contributed by atoms with van der Waals surface area (Å²) in [6, 6.07) is 7.83. The number of amides is 1. The van der Waals surface area contributed by atoms with Gasteiger partial charge in [0.1, 0.15) is 0 Å². The standard InChI is InChI=1S/C29H32ClNO2.C2H6/c1-5-20(2)10-12-23-13-11-21(3)26(15-14-23)29(33)31-17-24(16-30)28(18-31)27-9-7-6-8-25(27)22(4)19-32;1-2/h5-10,12,14-15,18,21,24,32H,1-2,4,11,13,16-17,19H2,3H3;1-2H3/b12-10-;/t21-,24-;/m1./s1. The van der Waals surface area contributed by atoms with E-state index in [-0.39, 0.29) is 24.3 Å². The van der Waals surface area contributed by atoms with E-state index in [4.69, 9.17) is 11.6 Å². The summed E-state index contributed by atoms with van der Waals surface area (Å²) in [4.78, 5) is 15.3. The van der Waals surface area contributed by atoms with Gasteiger partial charge in [0.05, 0.1) is 6.61 Å². The second-order valence-corrected chi connectivity index (χ2v) is 8.92. The number of allylic oxidation sites excluding steroid dienone is 7. The van der Waals surface area contributed by atoms with Crippen LogP contribution >= 0.6 is 11.6 Å². The Labute approximate surface area is 216 Å². The zero-order chi connectivity index (χ0) is 26.0. The van der Waals surface area contributed by atoms with E-state index in [9.17, 15) is 9.90 Å². The maximum absolute atomic E-state index is 13.5. The average molecular weight is 492 g/mol. The number of nitrogens with zero attached hydrogens (tertiary/aromatic N) is 1. The Balaban J connectivity index is 0.00000210. The molecule has 1 aromatic carbocycles. The van der Waals surface area contributed by atoms with E-state index in [2.05, 4.69) is 26.7 Å². The van der Waals surface area contributed by atoms with E-state index < -0.39 is 0 Å². The second-order valence-electron chi connectivity index (χ2n) is 8.62. The molecule has 186 valence electrons. The molecule has 4 heteroatoms. The van der Waals surface area contributed by atoms with Crippen LogP contribution < -0.4 is 0 Å². The molecular formula is C31H38ClNO2. The Hall–Kier alpha value is -2.88. The highest BCUT2D eigenvalue weighted by molar-refractivity contribution is 6.19. The third-order valence-corrected chi connectivity index (χ3v) is 6.68. The smallest absolute Gasteiger partial charge is 0.254 e. The lowest BCUT2D eigenvalue weighted by Gasteiger charge is -2.20. The van der Waals surface area contributed by atoms with Crippen LogP contribution in [0.2, 0.25) is 0 Å². The number of aliphatic hydroxyl groups is 1. The molecule has 3 nitrogen and oxygen atoms in total. The Morgan fingerprint density at radius 1 is 1.23 bits per heavy atom. The molecule has 1 aromatic rings. The molecule has 0 radical (unpaired) electrons. The molecule has 2 aliphatic rings. The lowest BCUT2D eigenvalue weighted by atomic mass is 9.90. The van der Waals surface area contributed by atoms with Gasteiger partial charge in [-0.1, -0.05) is 95.2 Å². The topological polar surface area (TPSA) is 40.5 Å². The Morgan fingerprint density at radius 2 is 1.94 bits per heavy atom. The minimum Gasteiger partial charge on any atom is -0.392 e. The molecule has 2 atom stereocenters. The Morgan fingerprint density at radius 3 is 2.60 bits per heavy atom. The number of carbonyl (C=O) groups excluding carboxylic acids is 1. The van der Waals surface area contributed by atoms with Crippen LogP contribution in [0.3, 0.4) is 0 Å². The van der Waals surface area contributed by atoms with E-state index >= 15 is 0 Å². The van der Waals surface area contributed by atoms with Gasteiger partial charge in [-0.3, -0.25) is 4.79 Å². The van der Waals surface area contributed by atoms with Crippen LogP contribution in [-0.4, -0.2) is 34.9 Å². The van der Waals surface area contributed by atoms with Crippen LogP contribution in [0.5, 0.6) is 0 Å². The Kier molecular flexibility index (Phi) is 11.2. The molecule has 1 heterocycles. The van der Waals surface area contributed by atoms with Gasteiger partial charge in [-0.05, 0) is 52.2 Å². The molecule has 3 rings (SSSR count). The number of hydrogen-bond donors (Lipinski definition) is 1. The molecule has 0 bridgehead atoms. The summed E-state index contributed by atoms with van der Waals surface area (Å²) in [6.07, 6.45) is 13.4. The zero-order valence-electron chi connectivity index (χ0n) is 21.3. The van der Waals surface area contributed by atoms with Gasteiger partial charge in [-0.15, -0.1) is 11.6 Å². The molecule has 0 unspecified atom stereocenters. The van der Waals surface area contributed by atoms with Crippen LogP contribution in [0.4, 0.5) is 0 Å². The van der Waals surface area contributed by atoms with Crippen molar-refractivity contribution >= 4 is 28.7 Å². The van der Waals surface area contributed by atoms with Crippen molar-refractivity contribution < 1.29 is 9.90 Å². The van der Waals surface area contributed by atoms with Gasteiger partial charge in [0, 0.05) is 30.1 Å². The van der Waals surface area contributed by atoms with E-state index in [1.165, 1.54) is 5.57 Å². The fraction of sp³-hybridized carbons (Fsp3) is 0.323. The van der Waals surface area contributed by atoms with Crippen molar-refractivity contribution in [3.8, 4) is 0 Å².